The van der Waals surface area contributed by atoms with Gasteiger partial charge in [0, 0.05) is 6.54 Å². The molecule has 1 rings (SSSR count). The van der Waals surface area contributed by atoms with Crippen LogP contribution in [0.5, 0.6) is 0 Å². The summed E-state index contributed by atoms with van der Waals surface area (Å²) in [4.78, 5) is 2.38. The SMILES string of the molecule is CCN1CCC(CNS(=O)(=O)CCl)CC1. The first-order valence-corrected chi connectivity index (χ1v) is 7.51. The summed E-state index contributed by atoms with van der Waals surface area (Å²) in [5, 5.41) is -0.346. The van der Waals surface area contributed by atoms with Crippen LogP contribution in [0.25, 0.3) is 0 Å². The fraction of sp³-hybridized carbons (Fsp3) is 1.00. The van der Waals surface area contributed by atoms with Gasteiger partial charge in [0.15, 0.2) is 0 Å². The molecule has 0 saturated carbocycles. The normalized spacial score (nSPS) is 20.7. The summed E-state index contributed by atoms with van der Waals surface area (Å²) < 4.78 is 24.8. The van der Waals surface area contributed by atoms with Gasteiger partial charge < -0.3 is 4.90 Å². The molecule has 1 aliphatic heterocycles. The van der Waals surface area contributed by atoms with E-state index in [1.54, 1.807) is 0 Å². The Hall–Kier alpha value is 0.160. The number of hydrogen-bond acceptors (Lipinski definition) is 3. The second kappa shape index (κ2) is 6.03. The number of sulfonamides is 1. The average Bonchev–Trinajstić information content (AvgIpc) is 2.27. The third-order valence-electron chi connectivity index (χ3n) is 2.89. The van der Waals surface area contributed by atoms with Crippen LogP contribution < -0.4 is 4.72 Å². The maximum atomic E-state index is 11.1. The van der Waals surface area contributed by atoms with Gasteiger partial charge in [0.05, 0.1) is 0 Å². The van der Waals surface area contributed by atoms with Crippen molar-refractivity contribution in [2.45, 2.75) is 19.8 Å². The summed E-state index contributed by atoms with van der Waals surface area (Å²) in [6, 6.07) is 0. The van der Waals surface area contributed by atoms with Crippen LogP contribution in [0.3, 0.4) is 0 Å². The third kappa shape index (κ3) is 4.68. The summed E-state index contributed by atoms with van der Waals surface area (Å²) in [5.41, 5.74) is 0. The zero-order valence-corrected chi connectivity index (χ0v) is 10.6. The Kier molecular flexibility index (Phi) is 5.32. The zero-order valence-electron chi connectivity index (χ0n) is 9.08. The van der Waals surface area contributed by atoms with Gasteiger partial charge >= 0.3 is 0 Å². The molecule has 1 aliphatic rings. The van der Waals surface area contributed by atoms with Gasteiger partial charge in [-0.3, -0.25) is 0 Å². The van der Waals surface area contributed by atoms with Crippen molar-refractivity contribution in [1.82, 2.24) is 9.62 Å². The first-order chi connectivity index (χ1) is 7.07. The molecule has 0 bridgehead atoms. The van der Waals surface area contributed by atoms with E-state index in [0.717, 1.165) is 32.5 Å². The Labute approximate surface area is 97.0 Å². The van der Waals surface area contributed by atoms with Crippen molar-refractivity contribution < 1.29 is 8.42 Å². The van der Waals surface area contributed by atoms with Crippen molar-refractivity contribution in [3.05, 3.63) is 0 Å². The van der Waals surface area contributed by atoms with Crippen LogP contribution in [-0.4, -0.2) is 44.7 Å². The number of likely N-dealkylation sites (tertiary alicyclic amines) is 1. The maximum Gasteiger partial charge on any atom is 0.225 e. The molecule has 6 heteroatoms. The second-order valence-electron chi connectivity index (χ2n) is 3.95. The standard InChI is InChI=1S/C9H19ClN2O2S/c1-2-12-5-3-9(4-6-12)7-11-15(13,14)8-10/h9,11H,2-8H2,1H3. The number of rotatable bonds is 5. The maximum absolute atomic E-state index is 11.1. The number of nitrogens with zero attached hydrogens (tertiary/aromatic N) is 1. The minimum absolute atomic E-state index is 0.346. The van der Waals surface area contributed by atoms with Gasteiger partial charge in [0.2, 0.25) is 10.0 Å². The van der Waals surface area contributed by atoms with Crippen molar-refractivity contribution in [2.24, 2.45) is 5.92 Å². The van der Waals surface area contributed by atoms with E-state index >= 15 is 0 Å². The predicted molar refractivity (Wildman–Crippen MR) is 62.5 cm³/mol. The van der Waals surface area contributed by atoms with Crippen LogP contribution in [-0.2, 0) is 10.0 Å². The molecule has 1 heterocycles. The summed E-state index contributed by atoms with van der Waals surface area (Å²) in [7, 11) is -3.24. The summed E-state index contributed by atoms with van der Waals surface area (Å²) >= 11 is 5.30. The number of hydrogen-bond donors (Lipinski definition) is 1. The fourth-order valence-corrected chi connectivity index (χ4v) is 2.59. The van der Waals surface area contributed by atoms with E-state index < -0.39 is 10.0 Å². The molecule has 4 nitrogen and oxygen atoms in total. The molecule has 0 aromatic carbocycles. The molecule has 0 atom stereocenters. The van der Waals surface area contributed by atoms with Gasteiger partial charge in [-0.1, -0.05) is 6.92 Å². The molecule has 0 amide bonds. The quantitative estimate of drug-likeness (QED) is 0.740. The van der Waals surface area contributed by atoms with Crippen LogP contribution in [0.15, 0.2) is 0 Å². The topological polar surface area (TPSA) is 49.4 Å². The van der Waals surface area contributed by atoms with Crippen molar-refractivity contribution in [3.8, 4) is 0 Å². The molecule has 1 saturated heterocycles. The van der Waals surface area contributed by atoms with E-state index in [0.29, 0.717) is 12.5 Å². The molecule has 0 aromatic rings. The van der Waals surface area contributed by atoms with Crippen LogP contribution >= 0.6 is 11.6 Å². The van der Waals surface area contributed by atoms with Crippen molar-refractivity contribution in [1.29, 1.82) is 0 Å². The van der Waals surface area contributed by atoms with E-state index in [1.165, 1.54) is 0 Å². The van der Waals surface area contributed by atoms with E-state index in [4.69, 9.17) is 11.6 Å². The second-order valence-corrected chi connectivity index (χ2v) is 6.34. The number of nitrogens with one attached hydrogen (secondary N) is 1. The lowest BCUT2D eigenvalue weighted by atomic mass is 9.97. The van der Waals surface area contributed by atoms with Crippen LogP contribution in [0.4, 0.5) is 0 Å². The molecule has 0 spiro atoms. The molecule has 0 aromatic heterocycles. The highest BCUT2D eigenvalue weighted by Crippen LogP contribution is 2.16. The van der Waals surface area contributed by atoms with Crippen LogP contribution in [0, 0.1) is 5.92 Å². The minimum Gasteiger partial charge on any atom is -0.304 e. The Morgan fingerprint density at radius 2 is 2.00 bits per heavy atom. The monoisotopic (exact) mass is 254 g/mol. The van der Waals surface area contributed by atoms with E-state index in [9.17, 15) is 8.42 Å². The third-order valence-corrected chi connectivity index (χ3v) is 4.65. The zero-order chi connectivity index (χ0) is 11.3. The highest BCUT2D eigenvalue weighted by Gasteiger charge is 2.19. The van der Waals surface area contributed by atoms with Gasteiger partial charge in [0.25, 0.3) is 0 Å². The molecule has 90 valence electrons. The van der Waals surface area contributed by atoms with Gasteiger partial charge in [0.1, 0.15) is 5.21 Å². The molecule has 0 radical (unpaired) electrons. The van der Waals surface area contributed by atoms with Crippen molar-refractivity contribution in [2.75, 3.05) is 31.4 Å². The van der Waals surface area contributed by atoms with Crippen LogP contribution in [0.1, 0.15) is 19.8 Å². The van der Waals surface area contributed by atoms with E-state index in [2.05, 4.69) is 16.5 Å². The smallest absolute Gasteiger partial charge is 0.225 e. The summed E-state index contributed by atoms with van der Waals surface area (Å²) in [6.45, 7) is 5.91. The Morgan fingerprint density at radius 3 is 2.47 bits per heavy atom. The summed E-state index contributed by atoms with van der Waals surface area (Å²) in [6.07, 6.45) is 2.14. The molecule has 1 N–H and O–H groups in total. The average molecular weight is 255 g/mol. The lowest BCUT2D eigenvalue weighted by molar-refractivity contribution is 0.194. The van der Waals surface area contributed by atoms with Gasteiger partial charge in [-0.05, 0) is 38.4 Å². The summed E-state index contributed by atoms with van der Waals surface area (Å²) in [5.74, 6) is 0.464. The molecule has 0 unspecified atom stereocenters. The van der Waals surface area contributed by atoms with Gasteiger partial charge in [-0.2, -0.15) is 0 Å². The van der Waals surface area contributed by atoms with Crippen molar-refractivity contribution >= 4 is 21.6 Å². The highest BCUT2D eigenvalue weighted by atomic mass is 35.5. The Balaban J connectivity index is 2.25. The first-order valence-electron chi connectivity index (χ1n) is 5.33. The molecule has 1 fully saturated rings. The molecule has 0 aliphatic carbocycles. The first kappa shape index (κ1) is 13.2. The predicted octanol–water partition coefficient (Wildman–Crippen LogP) is 0.834. The minimum atomic E-state index is -3.24. The van der Waals surface area contributed by atoms with E-state index in [-0.39, 0.29) is 5.21 Å². The van der Waals surface area contributed by atoms with Crippen LogP contribution in [0.2, 0.25) is 0 Å². The van der Waals surface area contributed by atoms with Crippen molar-refractivity contribution in [3.63, 3.8) is 0 Å². The largest absolute Gasteiger partial charge is 0.304 e. The molecule has 15 heavy (non-hydrogen) atoms. The lowest BCUT2D eigenvalue weighted by Gasteiger charge is -2.30. The van der Waals surface area contributed by atoms with Gasteiger partial charge in [-0.25, -0.2) is 13.1 Å². The number of piperidine rings is 1. The number of alkyl halides is 1. The fourth-order valence-electron chi connectivity index (χ4n) is 1.79. The molecular weight excluding hydrogens is 236 g/mol. The Morgan fingerprint density at radius 1 is 1.40 bits per heavy atom. The number of halogens is 1. The Bertz CT molecular complexity index is 274. The van der Waals surface area contributed by atoms with E-state index in [1.807, 2.05) is 0 Å². The van der Waals surface area contributed by atoms with Gasteiger partial charge in [-0.15, -0.1) is 11.6 Å². The lowest BCUT2D eigenvalue weighted by Crippen LogP contribution is -2.38. The molecular formula is C9H19ClN2O2S. The highest BCUT2D eigenvalue weighted by molar-refractivity contribution is 7.90.